The minimum atomic E-state index is 0.445. The summed E-state index contributed by atoms with van der Waals surface area (Å²) in [5, 5.41) is 3.60. The van der Waals surface area contributed by atoms with Crippen LogP contribution < -0.4 is 10.1 Å². The van der Waals surface area contributed by atoms with Crippen LogP contribution in [-0.2, 0) is 6.42 Å². The lowest BCUT2D eigenvalue weighted by atomic mass is 9.98. The first-order chi connectivity index (χ1) is 8.90. The van der Waals surface area contributed by atoms with E-state index in [0.717, 1.165) is 23.7 Å². The summed E-state index contributed by atoms with van der Waals surface area (Å²) in [6, 6.07) is 9.37. The third-order valence-corrected chi connectivity index (χ3v) is 4.94. The molecule has 0 aromatic heterocycles. The lowest BCUT2D eigenvalue weighted by molar-refractivity contribution is 0.240. The van der Waals surface area contributed by atoms with Gasteiger partial charge in [-0.25, -0.2) is 0 Å². The fraction of sp³-hybridized carbons (Fsp3) is 0.600. The fourth-order valence-corrected chi connectivity index (χ4v) is 3.13. The predicted molar refractivity (Wildman–Crippen MR) is 77.5 cm³/mol. The first-order valence-corrected chi connectivity index (χ1v) is 8.12. The van der Waals surface area contributed by atoms with E-state index in [1.165, 1.54) is 31.4 Å². The van der Waals surface area contributed by atoms with Crippen molar-refractivity contribution in [2.75, 3.05) is 18.1 Å². The molecule has 2 heterocycles. The summed E-state index contributed by atoms with van der Waals surface area (Å²) >= 11 is 1.96. The van der Waals surface area contributed by atoms with Gasteiger partial charge in [-0.1, -0.05) is 18.6 Å². The second-order valence-electron chi connectivity index (χ2n) is 5.27. The molecule has 18 heavy (non-hydrogen) atoms. The minimum absolute atomic E-state index is 0.445. The maximum atomic E-state index is 5.86. The van der Waals surface area contributed by atoms with E-state index in [1.807, 2.05) is 11.8 Å². The molecule has 0 amide bonds. The van der Waals surface area contributed by atoms with Crippen molar-refractivity contribution in [3.63, 3.8) is 0 Å². The van der Waals surface area contributed by atoms with Gasteiger partial charge in [0.25, 0.3) is 0 Å². The summed E-state index contributed by atoms with van der Waals surface area (Å²) in [5.41, 5.74) is 1.42. The Labute approximate surface area is 113 Å². The van der Waals surface area contributed by atoms with Crippen LogP contribution in [0.4, 0.5) is 0 Å². The van der Waals surface area contributed by atoms with E-state index < -0.39 is 0 Å². The van der Waals surface area contributed by atoms with Crippen molar-refractivity contribution in [2.45, 2.75) is 37.8 Å². The number of ether oxygens (including phenoxy) is 1. The number of nitrogens with one attached hydrogen (secondary N) is 1. The van der Waals surface area contributed by atoms with Gasteiger partial charge < -0.3 is 10.1 Å². The number of hydrogen-bond acceptors (Lipinski definition) is 3. The number of thioether (sulfide) groups is 1. The molecule has 2 nitrogen and oxygen atoms in total. The Balaban J connectivity index is 1.52. The molecule has 0 spiro atoms. The fourth-order valence-electron chi connectivity index (χ4n) is 2.56. The van der Waals surface area contributed by atoms with Crippen LogP contribution in [0.25, 0.3) is 0 Å². The molecule has 0 saturated carbocycles. The molecule has 1 N–H and O–H groups in total. The van der Waals surface area contributed by atoms with Crippen LogP contribution >= 0.6 is 11.8 Å². The maximum absolute atomic E-state index is 5.86. The zero-order valence-corrected chi connectivity index (χ0v) is 11.5. The third kappa shape index (κ3) is 3.21. The molecule has 0 radical (unpaired) electrons. The van der Waals surface area contributed by atoms with Crippen molar-refractivity contribution < 1.29 is 4.74 Å². The van der Waals surface area contributed by atoms with Gasteiger partial charge in [0, 0.05) is 17.5 Å². The second-order valence-corrected chi connectivity index (χ2v) is 6.35. The van der Waals surface area contributed by atoms with Gasteiger partial charge in [-0.3, -0.25) is 0 Å². The molecule has 3 rings (SSSR count). The van der Waals surface area contributed by atoms with Crippen molar-refractivity contribution in [1.82, 2.24) is 5.32 Å². The molecule has 98 valence electrons. The normalized spacial score (nSPS) is 24.6. The van der Waals surface area contributed by atoms with Crippen LogP contribution in [0, 0.1) is 0 Å². The molecule has 1 aromatic rings. The molecular formula is C15H21NOS. The number of hydrogen-bond donors (Lipinski definition) is 1. The zero-order valence-electron chi connectivity index (χ0n) is 10.7. The lowest BCUT2D eigenvalue weighted by Gasteiger charge is -2.26. The second kappa shape index (κ2) is 5.98. The van der Waals surface area contributed by atoms with Gasteiger partial charge in [0.15, 0.2) is 0 Å². The first-order valence-electron chi connectivity index (χ1n) is 6.97. The van der Waals surface area contributed by atoms with Crippen molar-refractivity contribution in [2.24, 2.45) is 0 Å². The molecule has 1 atom stereocenters. The number of benzene rings is 1. The highest BCUT2D eigenvalue weighted by Gasteiger charge is 2.19. The van der Waals surface area contributed by atoms with E-state index in [1.54, 1.807) is 0 Å². The molecule has 2 aliphatic heterocycles. The molecule has 3 heteroatoms. The average Bonchev–Trinajstić information content (AvgIpc) is 2.37. The highest BCUT2D eigenvalue weighted by molar-refractivity contribution is 8.00. The van der Waals surface area contributed by atoms with E-state index in [0.29, 0.717) is 12.1 Å². The Morgan fingerprint density at radius 1 is 1.17 bits per heavy atom. The van der Waals surface area contributed by atoms with E-state index in [-0.39, 0.29) is 0 Å². The molecule has 2 aliphatic rings. The van der Waals surface area contributed by atoms with Crippen molar-refractivity contribution in [3.8, 4) is 5.75 Å². The minimum Gasteiger partial charge on any atom is -0.489 e. The van der Waals surface area contributed by atoms with Crippen molar-refractivity contribution in [1.29, 1.82) is 0 Å². The Bertz CT molecular complexity index is 369. The van der Waals surface area contributed by atoms with Crippen LogP contribution in [-0.4, -0.2) is 30.2 Å². The number of piperidine rings is 1. The molecule has 2 saturated heterocycles. The van der Waals surface area contributed by atoms with E-state index >= 15 is 0 Å². The van der Waals surface area contributed by atoms with Crippen molar-refractivity contribution in [3.05, 3.63) is 29.8 Å². The summed E-state index contributed by atoms with van der Waals surface area (Å²) in [7, 11) is 0. The molecule has 0 bridgehead atoms. The summed E-state index contributed by atoms with van der Waals surface area (Å²) in [6.07, 6.45) is 5.62. The highest BCUT2D eigenvalue weighted by Crippen LogP contribution is 2.24. The highest BCUT2D eigenvalue weighted by atomic mass is 32.2. The van der Waals surface area contributed by atoms with Gasteiger partial charge in [-0.05, 0) is 43.5 Å². The first kappa shape index (κ1) is 12.4. The summed E-state index contributed by atoms with van der Waals surface area (Å²) in [4.78, 5) is 0. The maximum Gasteiger partial charge on any atom is 0.119 e. The zero-order chi connectivity index (χ0) is 12.2. The Hall–Kier alpha value is -0.670. The molecule has 2 fully saturated rings. The van der Waals surface area contributed by atoms with Gasteiger partial charge in [0.1, 0.15) is 11.9 Å². The van der Waals surface area contributed by atoms with Gasteiger partial charge in [0.2, 0.25) is 0 Å². The van der Waals surface area contributed by atoms with Gasteiger partial charge in [-0.15, -0.1) is 0 Å². The SMILES string of the molecule is c1cc(OC2CSC2)ccc1CC1CCCCN1. The molecular weight excluding hydrogens is 242 g/mol. The number of rotatable bonds is 4. The topological polar surface area (TPSA) is 21.3 Å². The third-order valence-electron chi connectivity index (χ3n) is 3.73. The summed E-state index contributed by atoms with van der Waals surface area (Å²) in [6.45, 7) is 1.19. The average molecular weight is 263 g/mol. The van der Waals surface area contributed by atoms with Gasteiger partial charge >= 0.3 is 0 Å². The van der Waals surface area contributed by atoms with Crippen LogP contribution in [0.1, 0.15) is 24.8 Å². The van der Waals surface area contributed by atoms with E-state index in [4.69, 9.17) is 4.74 Å². The standard InChI is InChI=1S/C15H21NOS/c1-2-8-16-13(3-1)9-12-4-6-14(7-5-12)17-15-10-18-11-15/h4-7,13,15-16H,1-3,8-11H2. The van der Waals surface area contributed by atoms with Gasteiger partial charge in [-0.2, -0.15) is 11.8 Å². The summed E-state index contributed by atoms with van der Waals surface area (Å²) < 4.78 is 5.86. The van der Waals surface area contributed by atoms with E-state index in [9.17, 15) is 0 Å². The largest absolute Gasteiger partial charge is 0.489 e. The van der Waals surface area contributed by atoms with Crippen molar-refractivity contribution >= 4 is 11.8 Å². The van der Waals surface area contributed by atoms with Gasteiger partial charge in [0.05, 0.1) is 0 Å². The molecule has 1 aromatic carbocycles. The molecule has 1 unspecified atom stereocenters. The predicted octanol–water partition coefficient (Wildman–Crippen LogP) is 2.87. The quantitative estimate of drug-likeness (QED) is 0.902. The Morgan fingerprint density at radius 3 is 2.61 bits per heavy atom. The van der Waals surface area contributed by atoms with Crippen LogP contribution in [0.3, 0.4) is 0 Å². The molecule has 0 aliphatic carbocycles. The van der Waals surface area contributed by atoms with Crippen LogP contribution in [0.15, 0.2) is 24.3 Å². The lowest BCUT2D eigenvalue weighted by Crippen LogP contribution is -2.35. The smallest absolute Gasteiger partial charge is 0.119 e. The van der Waals surface area contributed by atoms with Crippen LogP contribution in [0.2, 0.25) is 0 Å². The Morgan fingerprint density at radius 2 is 2.00 bits per heavy atom. The van der Waals surface area contributed by atoms with Crippen LogP contribution in [0.5, 0.6) is 5.75 Å². The monoisotopic (exact) mass is 263 g/mol. The van der Waals surface area contributed by atoms with E-state index in [2.05, 4.69) is 29.6 Å². The summed E-state index contributed by atoms with van der Waals surface area (Å²) in [5.74, 6) is 3.32. The Kier molecular flexibility index (Phi) is 4.11.